The highest BCUT2D eigenvalue weighted by atomic mass is 15.2. The number of fused-ring (bicyclic) bond motifs is 1. The molecule has 0 saturated heterocycles. The van der Waals surface area contributed by atoms with E-state index < -0.39 is 0 Å². The van der Waals surface area contributed by atoms with E-state index in [9.17, 15) is 0 Å². The van der Waals surface area contributed by atoms with Crippen LogP contribution in [0.5, 0.6) is 0 Å². The first kappa shape index (κ1) is 9.34. The lowest BCUT2D eigenvalue weighted by molar-refractivity contribution is 0.829. The summed E-state index contributed by atoms with van der Waals surface area (Å²) >= 11 is 0. The molecule has 80 valence electrons. The lowest BCUT2D eigenvalue weighted by Crippen LogP contribution is -2.05. The van der Waals surface area contributed by atoms with Gasteiger partial charge in [-0.2, -0.15) is 10.4 Å². The summed E-state index contributed by atoms with van der Waals surface area (Å²) in [6.45, 7) is 2.07. The zero-order valence-electron chi connectivity index (χ0n) is 9.14. The quantitative estimate of drug-likeness (QED) is 0.763. The SMILES string of the molecule is CCc1cc2ncc(C3(C#N)CC3)cn2n1. The van der Waals surface area contributed by atoms with E-state index in [1.807, 2.05) is 18.5 Å². The summed E-state index contributed by atoms with van der Waals surface area (Å²) in [4.78, 5) is 4.35. The van der Waals surface area contributed by atoms with Gasteiger partial charge in [0.1, 0.15) is 0 Å². The number of aryl methyl sites for hydroxylation is 1. The Balaban J connectivity index is 2.13. The number of nitrogens with zero attached hydrogens (tertiary/aromatic N) is 4. The molecular formula is C12H12N4. The molecule has 0 aliphatic heterocycles. The normalized spacial score (nSPS) is 17.2. The second-order valence-corrected chi connectivity index (χ2v) is 4.33. The van der Waals surface area contributed by atoms with Gasteiger partial charge in [-0.25, -0.2) is 9.50 Å². The fourth-order valence-electron chi connectivity index (χ4n) is 1.94. The predicted molar refractivity (Wildman–Crippen MR) is 58.9 cm³/mol. The van der Waals surface area contributed by atoms with Crippen LogP contribution in [-0.4, -0.2) is 14.6 Å². The molecule has 0 radical (unpaired) electrons. The second-order valence-electron chi connectivity index (χ2n) is 4.33. The van der Waals surface area contributed by atoms with Gasteiger partial charge in [-0.1, -0.05) is 6.92 Å². The summed E-state index contributed by atoms with van der Waals surface area (Å²) < 4.78 is 1.78. The van der Waals surface area contributed by atoms with E-state index in [1.54, 1.807) is 4.52 Å². The third-order valence-corrected chi connectivity index (χ3v) is 3.24. The van der Waals surface area contributed by atoms with Crippen LogP contribution in [0.3, 0.4) is 0 Å². The van der Waals surface area contributed by atoms with Crippen LogP contribution in [0.1, 0.15) is 31.0 Å². The van der Waals surface area contributed by atoms with E-state index in [4.69, 9.17) is 5.26 Å². The number of nitriles is 1. The molecule has 2 heterocycles. The van der Waals surface area contributed by atoms with E-state index in [-0.39, 0.29) is 5.41 Å². The Bertz CT molecular complexity index is 587. The van der Waals surface area contributed by atoms with Crippen molar-refractivity contribution in [2.24, 2.45) is 0 Å². The minimum atomic E-state index is -0.278. The molecule has 1 aliphatic carbocycles. The van der Waals surface area contributed by atoms with Crippen LogP contribution in [0.25, 0.3) is 5.65 Å². The molecule has 4 nitrogen and oxygen atoms in total. The highest BCUT2D eigenvalue weighted by Gasteiger charge is 2.45. The van der Waals surface area contributed by atoms with E-state index >= 15 is 0 Å². The van der Waals surface area contributed by atoms with Gasteiger partial charge in [-0.15, -0.1) is 0 Å². The molecule has 0 bridgehead atoms. The Hall–Kier alpha value is -1.89. The van der Waals surface area contributed by atoms with Gasteiger partial charge in [0.25, 0.3) is 0 Å². The predicted octanol–water partition coefficient (Wildman–Crippen LogP) is 1.85. The molecule has 0 atom stereocenters. The Morgan fingerprint density at radius 2 is 2.38 bits per heavy atom. The fraction of sp³-hybridized carbons (Fsp3) is 0.417. The third-order valence-electron chi connectivity index (χ3n) is 3.24. The first-order valence-corrected chi connectivity index (χ1v) is 5.53. The monoisotopic (exact) mass is 212 g/mol. The van der Waals surface area contributed by atoms with Crippen LogP contribution in [0.4, 0.5) is 0 Å². The lowest BCUT2D eigenvalue weighted by atomic mass is 10.0. The molecule has 16 heavy (non-hydrogen) atoms. The minimum absolute atomic E-state index is 0.278. The molecule has 1 saturated carbocycles. The molecule has 2 aromatic heterocycles. The zero-order valence-corrected chi connectivity index (χ0v) is 9.14. The first-order valence-electron chi connectivity index (χ1n) is 5.53. The molecule has 4 heteroatoms. The van der Waals surface area contributed by atoms with Crippen molar-refractivity contribution in [1.82, 2.24) is 14.6 Å². The number of rotatable bonds is 2. The maximum Gasteiger partial charge on any atom is 0.155 e. The van der Waals surface area contributed by atoms with Gasteiger partial charge in [0.15, 0.2) is 5.65 Å². The van der Waals surface area contributed by atoms with Gasteiger partial charge >= 0.3 is 0 Å². The molecule has 0 unspecified atom stereocenters. The number of hydrogen-bond donors (Lipinski definition) is 0. The van der Waals surface area contributed by atoms with Gasteiger partial charge in [0.2, 0.25) is 0 Å². The van der Waals surface area contributed by atoms with Crippen molar-refractivity contribution in [2.45, 2.75) is 31.6 Å². The average molecular weight is 212 g/mol. The van der Waals surface area contributed by atoms with Gasteiger partial charge < -0.3 is 0 Å². The van der Waals surface area contributed by atoms with E-state index in [1.165, 1.54) is 0 Å². The minimum Gasteiger partial charge on any atom is -0.237 e. The van der Waals surface area contributed by atoms with Crippen LogP contribution in [0, 0.1) is 11.3 Å². The summed E-state index contributed by atoms with van der Waals surface area (Å²) in [7, 11) is 0. The topological polar surface area (TPSA) is 54.0 Å². The van der Waals surface area contributed by atoms with Crippen molar-refractivity contribution in [3.63, 3.8) is 0 Å². The van der Waals surface area contributed by atoms with Crippen molar-refractivity contribution in [1.29, 1.82) is 5.26 Å². The van der Waals surface area contributed by atoms with Crippen LogP contribution in [-0.2, 0) is 11.8 Å². The van der Waals surface area contributed by atoms with Crippen molar-refractivity contribution in [3.05, 3.63) is 29.7 Å². The molecule has 0 aromatic carbocycles. The molecule has 2 aromatic rings. The van der Waals surface area contributed by atoms with E-state index in [0.29, 0.717) is 0 Å². The van der Waals surface area contributed by atoms with Crippen molar-refractivity contribution < 1.29 is 0 Å². The summed E-state index contributed by atoms with van der Waals surface area (Å²) in [6.07, 6.45) is 6.55. The van der Waals surface area contributed by atoms with Gasteiger partial charge in [-0.3, -0.25) is 0 Å². The third kappa shape index (κ3) is 1.21. The lowest BCUT2D eigenvalue weighted by Gasteiger charge is -2.04. The van der Waals surface area contributed by atoms with Crippen molar-refractivity contribution in [3.8, 4) is 6.07 Å². The summed E-state index contributed by atoms with van der Waals surface area (Å²) in [6, 6.07) is 4.35. The number of aromatic nitrogens is 3. The largest absolute Gasteiger partial charge is 0.237 e. The van der Waals surface area contributed by atoms with Gasteiger partial charge in [-0.05, 0) is 19.3 Å². The molecule has 0 N–H and O–H groups in total. The molecule has 1 aliphatic rings. The zero-order chi connectivity index (χ0) is 11.2. The highest BCUT2D eigenvalue weighted by molar-refractivity contribution is 5.43. The van der Waals surface area contributed by atoms with Crippen LogP contribution < -0.4 is 0 Å². The Morgan fingerprint density at radius 1 is 1.56 bits per heavy atom. The smallest absolute Gasteiger partial charge is 0.155 e. The van der Waals surface area contributed by atoms with Gasteiger partial charge in [0.05, 0.1) is 17.2 Å². The summed E-state index contributed by atoms with van der Waals surface area (Å²) in [5, 5.41) is 13.5. The Labute approximate surface area is 93.5 Å². The van der Waals surface area contributed by atoms with Crippen molar-refractivity contribution in [2.75, 3.05) is 0 Å². The summed E-state index contributed by atoms with van der Waals surface area (Å²) in [5.41, 5.74) is 2.61. The number of hydrogen-bond acceptors (Lipinski definition) is 3. The second kappa shape index (κ2) is 3.05. The van der Waals surface area contributed by atoms with Crippen LogP contribution in [0.2, 0.25) is 0 Å². The van der Waals surface area contributed by atoms with Gasteiger partial charge in [0, 0.05) is 24.0 Å². The van der Waals surface area contributed by atoms with Crippen molar-refractivity contribution >= 4 is 5.65 Å². The molecule has 1 fully saturated rings. The molecular weight excluding hydrogens is 200 g/mol. The molecule has 0 spiro atoms. The molecule has 3 rings (SSSR count). The Kier molecular flexibility index (Phi) is 1.78. The van der Waals surface area contributed by atoms with Crippen LogP contribution >= 0.6 is 0 Å². The average Bonchev–Trinajstić information content (AvgIpc) is 3.01. The maximum absolute atomic E-state index is 9.13. The fourth-order valence-corrected chi connectivity index (χ4v) is 1.94. The van der Waals surface area contributed by atoms with E-state index in [0.717, 1.165) is 36.2 Å². The van der Waals surface area contributed by atoms with E-state index in [2.05, 4.69) is 23.1 Å². The molecule has 0 amide bonds. The van der Waals surface area contributed by atoms with Crippen LogP contribution in [0.15, 0.2) is 18.5 Å². The Morgan fingerprint density at radius 3 is 3.00 bits per heavy atom. The maximum atomic E-state index is 9.13. The highest BCUT2D eigenvalue weighted by Crippen LogP contribution is 2.47. The summed E-state index contributed by atoms with van der Waals surface area (Å²) in [5.74, 6) is 0. The first-order chi connectivity index (χ1) is 7.77. The standard InChI is InChI=1S/C12H12N4/c1-2-10-5-11-14-6-9(7-16(11)15-10)12(8-13)3-4-12/h5-7H,2-4H2,1H3.